The molecule has 0 amide bonds. The molecule has 3 aliphatic rings. The van der Waals surface area contributed by atoms with Crippen LogP contribution < -0.4 is 4.74 Å². The number of alkyl halides is 3. The number of hydrogen-bond acceptors (Lipinski definition) is 4. The van der Waals surface area contributed by atoms with Gasteiger partial charge in [-0.3, -0.25) is 0 Å². The lowest BCUT2D eigenvalue weighted by molar-refractivity contribution is -0.137. The third-order valence-corrected chi connectivity index (χ3v) is 7.01. The van der Waals surface area contributed by atoms with Gasteiger partial charge in [-0.25, -0.2) is 18.7 Å². The lowest BCUT2D eigenvalue weighted by Crippen LogP contribution is -2.16. The van der Waals surface area contributed by atoms with E-state index in [0.717, 1.165) is 30.5 Å². The number of halogens is 5. The van der Waals surface area contributed by atoms with Gasteiger partial charge in [-0.05, 0) is 59.9 Å². The van der Waals surface area contributed by atoms with Gasteiger partial charge in [0.05, 0.1) is 22.9 Å². The lowest BCUT2D eigenvalue weighted by atomic mass is 9.98. The van der Waals surface area contributed by atoms with Gasteiger partial charge in [0, 0.05) is 25.5 Å². The smallest absolute Gasteiger partial charge is 0.417 e. The Labute approximate surface area is 232 Å². The van der Waals surface area contributed by atoms with Crippen molar-refractivity contribution in [3.63, 3.8) is 0 Å². The van der Waals surface area contributed by atoms with Crippen LogP contribution in [0.3, 0.4) is 0 Å². The average molecular weight is 566 g/mol. The van der Waals surface area contributed by atoms with Gasteiger partial charge in [-0.15, -0.1) is 0 Å². The summed E-state index contributed by atoms with van der Waals surface area (Å²) in [4.78, 5) is 8.66. The van der Waals surface area contributed by atoms with Crippen LogP contribution in [0.25, 0.3) is 33.9 Å². The molecule has 1 unspecified atom stereocenters. The number of benzene rings is 3. The number of nitrogens with zero attached hydrogens (tertiary/aromatic N) is 3. The van der Waals surface area contributed by atoms with Gasteiger partial charge in [0.2, 0.25) is 0 Å². The zero-order valence-corrected chi connectivity index (χ0v) is 21.7. The molecule has 210 valence electrons. The highest BCUT2D eigenvalue weighted by Gasteiger charge is 2.34. The Hall–Kier alpha value is -4.31. The van der Waals surface area contributed by atoms with Gasteiger partial charge < -0.3 is 14.0 Å². The monoisotopic (exact) mass is 565 g/mol. The minimum Gasteiger partial charge on any atom is -0.491 e. The highest BCUT2D eigenvalue weighted by Crippen LogP contribution is 2.39. The Balaban J connectivity index is 1.20. The summed E-state index contributed by atoms with van der Waals surface area (Å²) < 4.78 is 82.7. The summed E-state index contributed by atoms with van der Waals surface area (Å²) in [6, 6.07) is 16.4. The summed E-state index contributed by atoms with van der Waals surface area (Å²) in [5.74, 6) is -1.75. The van der Waals surface area contributed by atoms with Gasteiger partial charge >= 0.3 is 6.18 Å². The third kappa shape index (κ3) is 5.78. The number of rotatable bonds is 7. The Morgan fingerprint density at radius 2 is 1.73 bits per heavy atom. The molecule has 1 fully saturated rings. The second kappa shape index (κ2) is 10.9. The van der Waals surface area contributed by atoms with Crippen LogP contribution in [-0.4, -0.2) is 33.9 Å². The molecular weight excluding hydrogens is 541 g/mol. The average Bonchev–Trinajstić information content (AvgIpc) is 3.63. The van der Waals surface area contributed by atoms with Crippen molar-refractivity contribution >= 4 is 0 Å². The summed E-state index contributed by atoms with van der Waals surface area (Å²) in [5.41, 5.74) is 1.57. The summed E-state index contributed by atoms with van der Waals surface area (Å²) in [6.45, 7) is 1.27. The molecule has 3 aromatic rings. The van der Waals surface area contributed by atoms with Crippen molar-refractivity contribution in [1.82, 2.24) is 14.5 Å². The number of ether oxygens (including phenoxy) is 2. The number of hydrogen-bond donors (Lipinski definition) is 0. The van der Waals surface area contributed by atoms with Crippen molar-refractivity contribution < 1.29 is 31.4 Å². The lowest BCUT2D eigenvalue weighted by Gasteiger charge is -2.17. The predicted octanol–water partition coefficient (Wildman–Crippen LogP) is 7.62. The molecule has 6 rings (SSSR count). The quantitative estimate of drug-likeness (QED) is 0.191. The van der Waals surface area contributed by atoms with E-state index in [2.05, 4.69) is 9.97 Å². The highest BCUT2D eigenvalue weighted by molar-refractivity contribution is 5.70. The number of pyridine rings is 1. The third-order valence-electron chi connectivity index (χ3n) is 7.01. The summed E-state index contributed by atoms with van der Waals surface area (Å²) in [5, 5.41) is 0. The topological polar surface area (TPSA) is 49.2 Å². The van der Waals surface area contributed by atoms with Crippen LogP contribution in [-0.2, 0) is 17.5 Å². The van der Waals surface area contributed by atoms with E-state index in [1.165, 1.54) is 18.2 Å². The van der Waals surface area contributed by atoms with Crippen molar-refractivity contribution in [3.05, 3.63) is 102 Å². The van der Waals surface area contributed by atoms with Crippen LogP contribution in [0.1, 0.15) is 24.0 Å². The van der Waals surface area contributed by atoms with Crippen LogP contribution in [0.2, 0.25) is 0 Å². The molecule has 41 heavy (non-hydrogen) atoms. The molecule has 5 nitrogen and oxygen atoms in total. The van der Waals surface area contributed by atoms with Crippen LogP contribution in [0.4, 0.5) is 22.0 Å². The van der Waals surface area contributed by atoms with E-state index in [-0.39, 0.29) is 35.4 Å². The fourth-order valence-corrected chi connectivity index (χ4v) is 4.91. The van der Waals surface area contributed by atoms with Crippen LogP contribution in [0.15, 0.2) is 79.1 Å². The van der Waals surface area contributed by atoms with Crippen molar-refractivity contribution in [1.29, 1.82) is 0 Å². The van der Waals surface area contributed by atoms with E-state index < -0.39 is 23.4 Å². The van der Waals surface area contributed by atoms with E-state index in [4.69, 9.17) is 9.47 Å². The van der Waals surface area contributed by atoms with E-state index in [1.54, 1.807) is 48.8 Å². The van der Waals surface area contributed by atoms with Gasteiger partial charge in [0.15, 0.2) is 17.5 Å². The standard InChI is InChI=1S/C31H24F5N3O2/c32-26-5-1-4-24(29(26)33)30-37-27-12-13-39(17-28(27)38-30)16-19-6-8-20(9-7-19)23-11-10-21(15-25(23)31(34,35)36)41-18-22-3-2-14-40-22/h1,4-13,15,17,22H,2-3,14,16,18H2. The molecule has 3 aliphatic heterocycles. The Morgan fingerprint density at radius 3 is 2.49 bits per heavy atom. The molecule has 0 bridgehead atoms. The Bertz CT molecular complexity index is 1640. The van der Waals surface area contributed by atoms with Gasteiger partial charge in [0.1, 0.15) is 18.1 Å². The molecule has 1 saturated heterocycles. The molecule has 0 aliphatic carbocycles. The fraction of sp³-hybridized carbons (Fsp3) is 0.226. The largest absolute Gasteiger partial charge is 0.491 e. The van der Waals surface area contributed by atoms with Crippen LogP contribution >= 0.6 is 0 Å². The van der Waals surface area contributed by atoms with E-state index in [0.29, 0.717) is 30.1 Å². The molecule has 3 aromatic carbocycles. The van der Waals surface area contributed by atoms with Crippen molar-refractivity contribution in [3.8, 4) is 39.7 Å². The Kier molecular flexibility index (Phi) is 7.17. The van der Waals surface area contributed by atoms with Crippen molar-refractivity contribution in [2.24, 2.45) is 0 Å². The molecule has 0 radical (unpaired) electrons. The van der Waals surface area contributed by atoms with E-state index >= 15 is 0 Å². The predicted molar refractivity (Wildman–Crippen MR) is 142 cm³/mol. The highest BCUT2D eigenvalue weighted by atomic mass is 19.4. The van der Waals surface area contributed by atoms with Crippen LogP contribution in [0, 0.1) is 11.6 Å². The first-order chi connectivity index (χ1) is 19.7. The molecule has 0 saturated carbocycles. The first-order valence-electron chi connectivity index (χ1n) is 13.1. The van der Waals surface area contributed by atoms with E-state index in [1.807, 2.05) is 4.57 Å². The number of aromatic nitrogens is 3. The molecule has 0 spiro atoms. The van der Waals surface area contributed by atoms with Crippen molar-refractivity contribution in [2.45, 2.75) is 31.7 Å². The SMILES string of the molecule is Fc1cccc(-c2nc3ccn(Cc4ccc(-c5ccc(OCC6CCCO6)cc5C(F)(F)F)cc4)cc-3n2)c1F. The maximum Gasteiger partial charge on any atom is 0.417 e. The summed E-state index contributed by atoms with van der Waals surface area (Å²) >= 11 is 0. The molecule has 0 N–H and O–H groups in total. The molecule has 1 atom stereocenters. The maximum absolute atomic E-state index is 14.2. The first-order valence-corrected chi connectivity index (χ1v) is 13.1. The number of imidazole rings is 1. The first kappa shape index (κ1) is 26.9. The molecule has 0 aromatic heterocycles. The zero-order valence-electron chi connectivity index (χ0n) is 21.7. The van der Waals surface area contributed by atoms with Crippen LogP contribution in [0.5, 0.6) is 5.75 Å². The van der Waals surface area contributed by atoms with Gasteiger partial charge in [-0.2, -0.15) is 13.2 Å². The molecular formula is C31H24F5N3O2. The van der Waals surface area contributed by atoms with Gasteiger partial charge in [-0.1, -0.05) is 36.4 Å². The summed E-state index contributed by atoms with van der Waals surface area (Å²) in [6.07, 6.45) is 0.598. The minimum atomic E-state index is -4.56. The van der Waals surface area contributed by atoms with Gasteiger partial charge in [0.25, 0.3) is 0 Å². The normalized spacial score (nSPS) is 15.5. The minimum absolute atomic E-state index is 0.0241. The summed E-state index contributed by atoms with van der Waals surface area (Å²) in [7, 11) is 0. The zero-order chi connectivity index (χ0) is 28.6. The molecule has 10 heteroatoms. The fourth-order valence-electron chi connectivity index (χ4n) is 4.91. The second-order valence-corrected chi connectivity index (χ2v) is 9.88. The number of fused-ring (bicyclic) bond motifs is 1. The molecule has 3 heterocycles. The maximum atomic E-state index is 14.2. The van der Waals surface area contributed by atoms with Crippen molar-refractivity contribution in [2.75, 3.05) is 13.2 Å². The van der Waals surface area contributed by atoms with E-state index in [9.17, 15) is 22.0 Å². The second-order valence-electron chi connectivity index (χ2n) is 9.88. The Morgan fingerprint density at radius 1 is 0.927 bits per heavy atom.